The summed E-state index contributed by atoms with van der Waals surface area (Å²) in [4.78, 5) is 69.7. The number of esters is 2. The number of ether oxygens (including phenoxy) is 2. The van der Waals surface area contributed by atoms with Gasteiger partial charge in [-0.2, -0.15) is 0 Å². The lowest BCUT2D eigenvalue weighted by Gasteiger charge is -2.31. The van der Waals surface area contributed by atoms with E-state index in [9.17, 15) is 28.8 Å². The van der Waals surface area contributed by atoms with Gasteiger partial charge in [-0.15, -0.1) is 35.6 Å². The Morgan fingerprint density at radius 1 is 0.680 bits per heavy atom. The number of rotatable bonds is 18. The third-order valence-corrected chi connectivity index (χ3v) is 8.05. The standard InChI is InChI=1S/C18H24ClNO4.C16H22O3.C3H4Cl2O.ClH/c1-13(21)8-7-11-16(18(23)24-3)20(17(22)14(2)19)12-15-9-5-4-6-10-15;1-13(17)7-6-10-15(16(18)19-2)12-11-14-8-4-3-5-9-14;1-2(4)3(5)6;/h4-6,9-10,14,16H,7-8,11-12H2,1-3H3;3-5,8-9,15H,6-7,10-12H2,1-2H3;2H,1H3;1H/t14-,16+;15-;2-;/m111./s1. The first-order chi connectivity index (χ1) is 23.1. The van der Waals surface area contributed by atoms with Crippen molar-refractivity contribution in [3.8, 4) is 0 Å². The van der Waals surface area contributed by atoms with E-state index in [0.717, 1.165) is 31.2 Å². The highest BCUT2D eigenvalue weighted by molar-refractivity contribution is 6.69. The minimum atomic E-state index is -0.761. The molecule has 0 saturated heterocycles. The molecule has 9 nitrogen and oxygen atoms in total. The topological polar surface area (TPSA) is 124 Å². The third kappa shape index (κ3) is 22.7. The number of Topliss-reactive ketones (excluding diaryl/α,β-unsaturated/α-hetero) is 2. The third-order valence-electron chi connectivity index (χ3n) is 7.23. The van der Waals surface area contributed by atoms with Crippen LogP contribution in [0.2, 0.25) is 0 Å². The summed E-state index contributed by atoms with van der Waals surface area (Å²) in [5, 5.41) is -1.81. The normalized spacial score (nSPS) is 12.4. The van der Waals surface area contributed by atoms with E-state index in [1.54, 1.807) is 13.8 Å². The molecule has 0 radical (unpaired) electrons. The molecule has 1 amide bonds. The van der Waals surface area contributed by atoms with Crippen LogP contribution in [0.5, 0.6) is 0 Å². The smallest absolute Gasteiger partial charge is 0.328 e. The van der Waals surface area contributed by atoms with Crippen LogP contribution in [0.15, 0.2) is 60.7 Å². The van der Waals surface area contributed by atoms with Crippen LogP contribution in [0.25, 0.3) is 0 Å². The minimum Gasteiger partial charge on any atom is -0.469 e. The Hall–Kier alpha value is -2.98. The number of carbonyl (C=O) groups is 6. The molecule has 280 valence electrons. The van der Waals surface area contributed by atoms with Crippen LogP contribution in [0, 0.1) is 5.92 Å². The van der Waals surface area contributed by atoms with Gasteiger partial charge in [0.25, 0.3) is 0 Å². The number of carbonyl (C=O) groups excluding carboxylic acids is 6. The summed E-state index contributed by atoms with van der Waals surface area (Å²) in [5.74, 6) is -0.889. The van der Waals surface area contributed by atoms with Crippen LogP contribution in [0.1, 0.15) is 83.8 Å². The highest BCUT2D eigenvalue weighted by Gasteiger charge is 2.32. The zero-order chi connectivity index (χ0) is 37.4. The van der Waals surface area contributed by atoms with Gasteiger partial charge in [0.1, 0.15) is 28.4 Å². The van der Waals surface area contributed by atoms with Gasteiger partial charge in [0.2, 0.25) is 11.1 Å². The van der Waals surface area contributed by atoms with Gasteiger partial charge in [0, 0.05) is 19.4 Å². The number of amides is 1. The lowest BCUT2D eigenvalue weighted by atomic mass is 9.94. The molecule has 50 heavy (non-hydrogen) atoms. The quantitative estimate of drug-likeness (QED) is 0.0850. The fourth-order valence-corrected chi connectivity index (χ4v) is 4.69. The Morgan fingerprint density at radius 3 is 1.52 bits per heavy atom. The van der Waals surface area contributed by atoms with Crippen LogP contribution < -0.4 is 0 Å². The number of hydrogen-bond donors (Lipinski definition) is 0. The molecule has 0 fully saturated rings. The molecule has 2 aromatic carbocycles. The molecule has 4 atom stereocenters. The fraction of sp³-hybridized carbons (Fsp3) is 0.514. The van der Waals surface area contributed by atoms with Gasteiger partial charge in [-0.3, -0.25) is 14.4 Å². The lowest BCUT2D eigenvalue weighted by molar-refractivity contribution is -0.153. The SMILES string of the molecule is COC(=O)[C@H](CCCC(C)=O)CCc1ccccc1.COC(=O)[C@H](CCCC(C)=O)N(Cc1ccccc1)C(=O)[C@@H](C)Cl.C[C@@H](Cl)C(=O)Cl.Cl. The second-order valence-electron chi connectivity index (χ2n) is 11.5. The Balaban J connectivity index is 0. The average Bonchev–Trinajstić information content (AvgIpc) is 3.07. The van der Waals surface area contributed by atoms with Crippen molar-refractivity contribution < 1.29 is 38.2 Å². The molecule has 0 aromatic heterocycles. The maximum atomic E-state index is 12.5. The van der Waals surface area contributed by atoms with Gasteiger partial charge < -0.3 is 24.0 Å². The van der Waals surface area contributed by atoms with Crippen molar-refractivity contribution in [3.63, 3.8) is 0 Å². The van der Waals surface area contributed by atoms with Crippen LogP contribution in [0.4, 0.5) is 0 Å². The summed E-state index contributed by atoms with van der Waals surface area (Å²) >= 11 is 15.9. The number of alkyl halides is 2. The maximum Gasteiger partial charge on any atom is 0.328 e. The Morgan fingerprint density at radius 2 is 1.12 bits per heavy atom. The van der Waals surface area contributed by atoms with Gasteiger partial charge >= 0.3 is 11.9 Å². The molecular weight excluding hydrogens is 728 g/mol. The largest absolute Gasteiger partial charge is 0.469 e. The molecular formula is C37H51Cl4NO8. The highest BCUT2D eigenvalue weighted by atomic mass is 35.5. The van der Waals surface area contributed by atoms with Crippen molar-refractivity contribution in [1.29, 1.82) is 0 Å². The van der Waals surface area contributed by atoms with Crippen molar-refractivity contribution in [3.05, 3.63) is 71.8 Å². The van der Waals surface area contributed by atoms with E-state index < -0.39 is 28.0 Å². The Bertz CT molecular complexity index is 1290. The average molecular weight is 780 g/mol. The molecule has 0 heterocycles. The molecule has 0 bridgehead atoms. The van der Waals surface area contributed by atoms with Crippen molar-refractivity contribution >= 4 is 81.9 Å². The minimum absolute atomic E-state index is 0. The molecule has 0 N–H and O–H groups in total. The van der Waals surface area contributed by atoms with Crippen molar-refractivity contribution in [2.75, 3.05) is 14.2 Å². The molecule has 0 spiro atoms. The first-order valence-corrected chi connectivity index (χ1v) is 17.4. The van der Waals surface area contributed by atoms with Crippen LogP contribution in [-0.4, -0.2) is 70.6 Å². The highest BCUT2D eigenvalue weighted by Crippen LogP contribution is 2.19. The fourth-order valence-electron chi connectivity index (χ4n) is 4.56. The summed E-state index contributed by atoms with van der Waals surface area (Å²) in [6.07, 6.45) is 4.87. The molecule has 0 aliphatic carbocycles. The van der Waals surface area contributed by atoms with Crippen LogP contribution in [0.3, 0.4) is 0 Å². The maximum absolute atomic E-state index is 12.5. The molecule has 0 unspecified atom stereocenters. The van der Waals surface area contributed by atoms with E-state index in [2.05, 4.69) is 12.1 Å². The van der Waals surface area contributed by atoms with E-state index in [1.807, 2.05) is 48.5 Å². The molecule has 2 aromatic rings. The van der Waals surface area contributed by atoms with Gasteiger partial charge in [0.15, 0.2) is 0 Å². The van der Waals surface area contributed by atoms with E-state index >= 15 is 0 Å². The number of methoxy groups -OCH3 is 2. The van der Waals surface area contributed by atoms with E-state index in [1.165, 1.54) is 38.5 Å². The van der Waals surface area contributed by atoms with E-state index in [-0.39, 0.29) is 48.3 Å². The molecule has 0 aliphatic rings. The van der Waals surface area contributed by atoms with Gasteiger partial charge in [-0.25, -0.2) is 4.79 Å². The summed E-state index contributed by atoms with van der Waals surface area (Å²) < 4.78 is 9.69. The number of aryl methyl sites for hydroxylation is 1. The zero-order valence-electron chi connectivity index (χ0n) is 29.7. The van der Waals surface area contributed by atoms with Crippen molar-refractivity contribution in [1.82, 2.24) is 4.90 Å². The number of hydrogen-bond acceptors (Lipinski definition) is 8. The first kappa shape index (κ1) is 49.1. The number of benzene rings is 2. The molecule has 13 heteroatoms. The summed E-state index contributed by atoms with van der Waals surface area (Å²) in [6.45, 7) is 6.44. The molecule has 0 aliphatic heterocycles. The van der Waals surface area contributed by atoms with Gasteiger partial charge in [-0.05, 0) is 88.9 Å². The summed E-state index contributed by atoms with van der Waals surface area (Å²) in [6, 6.07) is 18.7. The Kier molecular flexibility index (Phi) is 28.2. The summed E-state index contributed by atoms with van der Waals surface area (Å²) in [7, 11) is 2.71. The first-order valence-electron chi connectivity index (χ1n) is 16.1. The van der Waals surface area contributed by atoms with Gasteiger partial charge in [0.05, 0.1) is 20.1 Å². The van der Waals surface area contributed by atoms with Gasteiger partial charge in [-0.1, -0.05) is 60.7 Å². The van der Waals surface area contributed by atoms with E-state index in [4.69, 9.17) is 44.3 Å². The van der Waals surface area contributed by atoms with Crippen molar-refractivity contribution in [2.45, 2.75) is 102 Å². The summed E-state index contributed by atoms with van der Waals surface area (Å²) in [5.41, 5.74) is 2.12. The molecule has 0 saturated carbocycles. The van der Waals surface area contributed by atoms with E-state index in [0.29, 0.717) is 25.7 Å². The van der Waals surface area contributed by atoms with Crippen LogP contribution >= 0.6 is 47.2 Å². The second-order valence-corrected chi connectivity index (χ2v) is 13.1. The molecule has 2 rings (SSSR count). The van der Waals surface area contributed by atoms with Crippen LogP contribution in [-0.2, 0) is 51.2 Å². The van der Waals surface area contributed by atoms with Crippen molar-refractivity contribution in [2.24, 2.45) is 5.92 Å². The number of ketones is 2. The monoisotopic (exact) mass is 777 g/mol. The number of halogens is 4. The Labute approximate surface area is 318 Å². The number of nitrogens with zero attached hydrogens (tertiary/aromatic N) is 1. The zero-order valence-corrected chi connectivity index (χ0v) is 32.8. The predicted molar refractivity (Wildman–Crippen MR) is 201 cm³/mol. The lowest BCUT2D eigenvalue weighted by Crippen LogP contribution is -2.47. The predicted octanol–water partition coefficient (Wildman–Crippen LogP) is 7.91. The second kappa shape index (κ2) is 28.7.